The van der Waals surface area contributed by atoms with Crippen LogP contribution in [0.3, 0.4) is 0 Å². The van der Waals surface area contributed by atoms with Crippen molar-refractivity contribution in [1.29, 1.82) is 0 Å². The van der Waals surface area contributed by atoms with E-state index in [9.17, 15) is 0 Å². The van der Waals surface area contributed by atoms with Gasteiger partial charge in [-0.15, -0.1) is 0 Å². The molecule has 0 aromatic heterocycles. The highest BCUT2D eigenvalue weighted by Gasteiger charge is 1.98. The van der Waals surface area contributed by atoms with Gasteiger partial charge < -0.3 is 10.6 Å². The van der Waals surface area contributed by atoms with Gasteiger partial charge in [0.05, 0.1) is 0 Å². The first-order chi connectivity index (χ1) is 4.22. The monoisotopic (exact) mass is 126 g/mol. The molecule has 9 heavy (non-hydrogen) atoms. The van der Waals surface area contributed by atoms with E-state index in [0.717, 1.165) is 5.70 Å². The fourth-order valence-corrected chi connectivity index (χ4v) is 0.430. The summed E-state index contributed by atoms with van der Waals surface area (Å²) < 4.78 is 0. The number of hydrogen-bond acceptors (Lipinski definition) is 2. The Labute approximate surface area is 56.6 Å². The van der Waals surface area contributed by atoms with Crippen molar-refractivity contribution in [2.75, 3.05) is 7.05 Å². The Morgan fingerprint density at radius 3 is 2.56 bits per heavy atom. The summed E-state index contributed by atoms with van der Waals surface area (Å²) in [6.45, 7) is 9.31. The molecule has 0 amide bonds. The molecule has 1 unspecified atom stereocenters. The Hall–Kier alpha value is -0.760. The predicted molar refractivity (Wildman–Crippen MR) is 41.0 cm³/mol. The zero-order valence-corrected chi connectivity index (χ0v) is 6.07. The third kappa shape index (κ3) is 2.93. The van der Waals surface area contributed by atoms with Crippen LogP contribution in [0.1, 0.15) is 6.92 Å². The first-order valence-electron chi connectivity index (χ1n) is 2.96. The Morgan fingerprint density at radius 1 is 1.67 bits per heavy atom. The van der Waals surface area contributed by atoms with Crippen LogP contribution >= 0.6 is 0 Å². The molecule has 0 saturated carbocycles. The van der Waals surface area contributed by atoms with Crippen LogP contribution in [0.25, 0.3) is 0 Å². The van der Waals surface area contributed by atoms with Crippen molar-refractivity contribution in [1.82, 2.24) is 10.6 Å². The van der Waals surface area contributed by atoms with Crippen LogP contribution in [0.5, 0.6) is 0 Å². The molecule has 2 nitrogen and oxygen atoms in total. The van der Waals surface area contributed by atoms with Gasteiger partial charge in [0.15, 0.2) is 0 Å². The molecule has 2 N–H and O–H groups in total. The van der Waals surface area contributed by atoms with Gasteiger partial charge in [-0.1, -0.05) is 13.2 Å². The second kappa shape index (κ2) is 4.15. The average molecular weight is 126 g/mol. The molecule has 0 bridgehead atoms. The molecule has 0 aliphatic rings. The fourth-order valence-electron chi connectivity index (χ4n) is 0.430. The van der Waals surface area contributed by atoms with Crippen LogP contribution in [-0.2, 0) is 0 Å². The average Bonchev–Trinajstić information content (AvgIpc) is 1.87. The summed E-state index contributed by atoms with van der Waals surface area (Å²) >= 11 is 0. The molecule has 52 valence electrons. The lowest BCUT2D eigenvalue weighted by Gasteiger charge is -2.12. The molecule has 0 aliphatic carbocycles. The summed E-state index contributed by atoms with van der Waals surface area (Å²) in [5, 5.41) is 5.94. The van der Waals surface area contributed by atoms with Crippen molar-refractivity contribution >= 4 is 0 Å². The first-order valence-corrected chi connectivity index (χ1v) is 2.96. The molecule has 2 heteroatoms. The van der Waals surface area contributed by atoms with Crippen LogP contribution in [0.2, 0.25) is 0 Å². The molecule has 1 atom stereocenters. The van der Waals surface area contributed by atoms with Gasteiger partial charge in [0.25, 0.3) is 0 Å². The normalized spacial score (nSPS) is 12.2. The van der Waals surface area contributed by atoms with Crippen molar-refractivity contribution in [2.45, 2.75) is 13.0 Å². The highest BCUT2D eigenvalue weighted by molar-refractivity contribution is 5.03. The number of hydrogen-bond donors (Lipinski definition) is 2. The zero-order valence-electron chi connectivity index (χ0n) is 6.07. The fraction of sp³-hybridized carbons (Fsp3) is 0.429. The van der Waals surface area contributed by atoms with E-state index in [1.165, 1.54) is 0 Å². The Bertz CT molecular complexity index is 107. The van der Waals surface area contributed by atoms with Gasteiger partial charge in [0.2, 0.25) is 0 Å². The van der Waals surface area contributed by atoms with Gasteiger partial charge in [-0.2, -0.15) is 0 Å². The van der Waals surface area contributed by atoms with Gasteiger partial charge >= 0.3 is 0 Å². The third-order valence-electron chi connectivity index (χ3n) is 1.24. The molecule has 0 aromatic rings. The topological polar surface area (TPSA) is 24.1 Å². The maximum absolute atomic E-state index is 3.77. The van der Waals surface area contributed by atoms with Gasteiger partial charge in [-0.3, -0.25) is 0 Å². The lowest BCUT2D eigenvalue weighted by atomic mass is 10.3. The molecular formula is C7H14N2. The molecule has 0 heterocycles. The van der Waals surface area contributed by atoms with E-state index < -0.39 is 0 Å². The first kappa shape index (κ1) is 8.24. The van der Waals surface area contributed by atoms with Crippen LogP contribution in [0, 0.1) is 0 Å². The molecule has 0 saturated heterocycles. The minimum absolute atomic E-state index is 0.294. The Kier molecular flexibility index (Phi) is 3.80. The second-order valence-electron chi connectivity index (χ2n) is 1.88. The summed E-state index contributed by atoms with van der Waals surface area (Å²) in [6.07, 6.45) is 1.62. The van der Waals surface area contributed by atoms with Crippen LogP contribution in [-0.4, -0.2) is 13.1 Å². The molecule has 0 aromatic carbocycles. The highest BCUT2D eigenvalue weighted by atomic mass is 15.0. The molecular weight excluding hydrogens is 112 g/mol. The number of likely N-dealkylation sites (N-methyl/N-ethyl adjacent to an activating group) is 1. The summed E-state index contributed by atoms with van der Waals surface area (Å²) in [6, 6.07) is 0.294. The van der Waals surface area contributed by atoms with E-state index in [1.54, 1.807) is 6.20 Å². The lowest BCUT2D eigenvalue weighted by Crippen LogP contribution is -2.28. The maximum Gasteiger partial charge on any atom is 0.0435 e. The van der Waals surface area contributed by atoms with Crippen molar-refractivity contribution < 1.29 is 0 Å². The standard InChI is InChI=1S/C7H14N2/c1-5-9-7(3)6(2)8-4/h5-6,8-9H,1,3H2,2,4H3. The molecule has 0 radical (unpaired) electrons. The Balaban J connectivity index is 3.58. The van der Waals surface area contributed by atoms with E-state index >= 15 is 0 Å². The minimum atomic E-state index is 0.294. The molecule has 0 rings (SSSR count). The SMILES string of the molecule is C=CNC(=C)C(C)NC. The largest absolute Gasteiger partial charge is 0.365 e. The lowest BCUT2D eigenvalue weighted by molar-refractivity contribution is 0.663. The quantitative estimate of drug-likeness (QED) is 0.583. The van der Waals surface area contributed by atoms with Crippen molar-refractivity contribution in [3.8, 4) is 0 Å². The van der Waals surface area contributed by atoms with E-state index in [1.807, 2.05) is 14.0 Å². The smallest absolute Gasteiger partial charge is 0.0435 e. The van der Waals surface area contributed by atoms with Gasteiger partial charge in [-0.05, 0) is 20.2 Å². The Morgan fingerprint density at radius 2 is 2.22 bits per heavy atom. The maximum atomic E-state index is 3.77. The van der Waals surface area contributed by atoms with Crippen molar-refractivity contribution in [3.05, 3.63) is 25.1 Å². The molecule has 0 fully saturated rings. The van der Waals surface area contributed by atoms with Crippen molar-refractivity contribution in [3.63, 3.8) is 0 Å². The second-order valence-corrected chi connectivity index (χ2v) is 1.88. The predicted octanol–water partition coefficient (Wildman–Crippen LogP) is 0.841. The summed E-state index contributed by atoms with van der Waals surface area (Å²) in [5.41, 5.74) is 0.938. The van der Waals surface area contributed by atoms with Gasteiger partial charge in [0.1, 0.15) is 0 Å². The van der Waals surface area contributed by atoms with Gasteiger partial charge in [-0.25, -0.2) is 0 Å². The minimum Gasteiger partial charge on any atom is -0.365 e. The van der Waals surface area contributed by atoms with E-state index in [2.05, 4.69) is 23.8 Å². The van der Waals surface area contributed by atoms with Gasteiger partial charge in [0, 0.05) is 11.7 Å². The van der Waals surface area contributed by atoms with Crippen LogP contribution < -0.4 is 10.6 Å². The molecule has 0 aliphatic heterocycles. The van der Waals surface area contributed by atoms with Crippen LogP contribution in [0.4, 0.5) is 0 Å². The molecule has 0 spiro atoms. The van der Waals surface area contributed by atoms with E-state index in [4.69, 9.17) is 0 Å². The van der Waals surface area contributed by atoms with E-state index in [-0.39, 0.29) is 0 Å². The number of nitrogens with one attached hydrogen (secondary N) is 2. The van der Waals surface area contributed by atoms with E-state index in [0.29, 0.717) is 6.04 Å². The summed E-state index contributed by atoms with van der Waals surface area (Å²) in [4.78, 5) is 0. The zero-order chi connectivity index (χ0) is 7.28. The van der Waals surface area contributed by atoms with Crippen molar-refractivity contribution in [2.24, 2.45) is 0 Å². The highest BCUT2D eigenvalue weighted by Crippen LogP contribution is 1.90. The summed E-state index contributed by atoms with van der Waals surface area (Å²) in [5.74, 6) is 0. The number of rotatable bonds is 4. The van der Waals surface area contributed by atoms with Crippen LogP contribution in [0.15, 0.2) is 25.1 Å². The third-order valence-corrected chi connectivity index (χ3v) is 1.24. The summed E-state index contributed by atoms with van der Waals surface area (Å²) in [7, 11) is 1.89.